The number of para-hydroxylation sites is 1. The van der Waals surface area contributed by atoms with Crippen LogP contribution in [0.4, 0.5) is 0 Å². The molecule has 2 aromatic rings. The van der Waals surface area contributed by atoms with Gasteiger partial charge in [-0.1, -0.05) is 18.2 Å². The Bertz CT molecular complexity index is 457. The number of aromatic nitrogens is 4. The molecular weight excluding hydrogens is 230 g/mol. The van der Waals surface area contributed by atoms with Gasteiger partial charge in [-0.2, -0.15) is 0 Å². The Kier molecular flexibility index (Phi) is 4.66. The third-order valence-corrected chi connectivity index (χ3v) is 2.47. The van der Waals surface area contributed by atoms with Crippen LogP contribution in [0.2, 0.25) is 0 Å². The third-order valence-electron chi connectivity index (χ3n) is 2.47. The maximum absolute atomic E-state index is 5.61. The lowest BCUT2D eigenvalue weighted by Crippen LogP contribution is -2.14. The Morgan fingerprint density at radius 1 is 1.28 bits per heavy atom. The van der Waals surface area contributed by atoms with Crippen molar-refractivity contribution in [1.29, 1.82) is 0 Å². The summed E-state index contributed by atoms with van der Waals surface area (Å²) in [5.74, 6) is 1.74. The molecule has 0 saturated carbocycles. The maximum atomic E-state index is 5.61. The monoisotopic (exact) mass is 247 g/mol. The highest BCUT2D eigenvalue weighted by molar-refractivity contribution is 5.20. The summed E-state index contributed by atoms with van der Waals surface area (Å²) >= 11 is 0. The first-order chi connectivity index (χ1) is 8.90. The predicted octanol–water partition coefficient (Wildman–Crippen LogP) is 0.862. The van der Waals surface area contributed by atoms with Gasteiger partial charge in [0.2, 0.25) is 0 Å². The summed E-state index contributed by atoms with van der Waals surface area (Å²) in [6.45, 7) is 2.09. The fourth-order valence-electron chi connectivity index (χ4n) is 1.60. The van der Waals surface area contributed by atoms with Crippen LogP contribution in [-0.2, 0) is 13.1 Å². The molecular formula is C12H17N5O. The molecule has 0 saturated heterocycles. The summed E-state index contributed by atoms with van der Waals surface area (Å²) in [5, 5.41) is 14.6. The van der Waals surface area contributed by atoms with Gasteiger partial charge in [0.15, 0.2) is 5.82 Å². The Hall–Kier alpha value is -1.95. The van der Waals surface area contributed by atoms with Gasteiger partial charge in [0.25, 0.3) is 0 Å². The molecule has 2 rings (SSSR count). The molecule has 1 N–H and O–H groups in total. The first-order valence-corrected chi connectivity index (χ1v) is 5.97. The highest BCUT2D eigenvalue weighted by atomic mass is 16.5. The minimum absolute atomic E-state index is 0.656. The van der Waals surface area contributed by atoms with Crippen molar-refractivity contribution in [1.82, 2.24) is 25.5 Å². The SMILES string of the molecule is CNCc1nnnn1CCCOc1ccccc1. The van der Waals surface area contributed by atoms with Gasteiger partial charge in [-0.3, -0.25) is 0 Å². The van der Waals surface area contributed by atoms with E-state index in [0.717, 1.165) is 24.5 Å². The average molecular weight is 247 g/mol. The van der Waals surface area contributed by atoms with Gasteiger partial charge in [0, 0.05) is 13.0 Å². The summed E-state index contributed by atoms with van der Waals surface area (Å²) in [5.41, 5.74) is 0. The fraction of sp³-hybridized carbons (Fsp3) is 0.417. The first kappa shape index (κ1) is 12.5. The van der Waals surface area contributed by atoms with Crippen LogP contribution < -0.4 is 10.1 Å². The number of benzene rings is 1. The van der Waals surface area contributed by atoms with E-state index in [9.17, 15) is 0 Å². The van der Waals surface area contributed by atoms with Crippen LogP contribution in [0.1, 0.15) is 12.2 Å². The number of rotatable bonds is 7. The van der Waals surface area contributed by atoms with Crippen molar-refractivity contribution in [2.24, 2.45) is 0 Å². The molecule has 0 aliphatic carbocycles. The van der Waals surface area contributed by atoms with Gasteiger partial charge in [0.1, 0.15) is 5.75 Å². The highest BCUT2D eigenvalue weighted by Crippen LogP contribution is 2.08. The number of hydrogen-bond acceptors (Lipinski definition) is 5. The first-order valence-electron chi connectivity index (χ1n) is 5.97. The zero-order valence-electron chi connectivity index (χ0n) is 10.4. The molecule has 0 aliphatic rings. The Balaban J connectivity index is 1.73. The van der Waals surface area contributed by atoms with Crippen molar-refractivity contribution in [3.63, 3.8) is 0 Å². The number of ether oxygens (including phenoxy) is 1. The second kappa shape index (κ2) is 6.70. The molecule has 0 radical (unpaired) electrons. The van der Waals surface area contributed by atoms with Crippen molar-refractivity contribution in [3.8, 4) is 5.75 Å². The zero-order chi connectivity index (χ0) is 12.6. The molecule has 1 heterocycles. The molecule has 0 fully saturated rings. The second-order valence-electron chi connectivity index (χ2n) is 3.86. The fourth-order valence-corrected chi connectivity index (χ4v) is 1.60. The topological polar surface area (TPSA) is 64.9 Å². The van der Waals surface area contributed by atoms with Gasteiger partial charge in [-0.25, -0.2) is 4.68 Å². The number of aryl methyl sites for hydroxylation is 1. The molecule has 6 heteroatoms. The second-order valence-corrected chi connectivity index (χ2v) is 3.86. The molecule has 0 bridgehead atoms. The van der Waals surface area contributed by atoms with Crippen LogP contribution in [0.25, 0.3) is 0 Å². The van der Waals surface area contributed by atoms with Gasteiger partial charge >= 0.3 is 0 Å². The lowest BCUT2D eigenvalue weighted by molar-refractivity contribution is 0.296. The minimum Gasteiger partial charge on any atom is -0.494 e. The van der Waals surface area contributed by atoms with E-state index in [1.807, 2.05) is 37.4 Å². The van der Waals surface area contributed by atoms with E-state index in [1.165, 1.54) is 0 Å². The van der Waals surface area contributed by atoms with Crippen molar-refractivity contribution in [2.45, 2.75) is 19.5 Å². The van der Waals surface area contributed by atoms with Gasteiger partial charge < -0.3 is 10.1 Å². The summed E-state index contributed by atoms with van der Waals surface area (Å²) in [4.78, 5) is 0. The van der Waals surface area contributed by atoms with Crippen LogP contribution in [0, 0.1) is 0 Å². The molecule has 0 unspecified atom stereocenters. The molecule has 18 heavy (non-hydrogen) atoms. The maximum Gasteiger partial charge on any atom is 0.165 e. The predicted molar refractivity (Wildman–Crippen MR) is 67.1 cm³/mol. The minimum atomic E-state index is 0.656. The molecule has 1 aromatic heterocycles. The third kappa shape index (κ3) is 3.53. The van der Waals surface area contributed by atoms with Crippen LogP contribution >= 0.6 is 0 Å². The lowest BCUT2D eigenvalue weighted by Gasteiger charge is -2.06. The molecule has 6 nitrogen and oxygen atoms in total. The number of tetrazole rings is 1. The van der Waals surface area contributed by atoms with Gasteiger partial charge in [0.05, 0.1) is 13.2 Å². The smallest absolute Gasteiger partial charge is 0.165 e. The van der Waals surface area contributed by atoms with Crippen LogP contribution in [0.5, 0.6) is 5.75 Å². The molecule has 0 spiro atoms. The summed E-state index contributed by atoms with van der Waals surface area (Å²) in [6.07, 6.45) is 0.872. The number of hydrogen-bond donors (Lipinski definition) is 1. The standard InChI is InChI=1S/C12H17N5O/c1-13-10-12-14-15-16-17(12)8-5-9-18-11-6-3-2-4-7-11/h2-4,6-7,13H,5,8-10H2,1H3. The van der Waals surface area contributed by atoms with Crippen molar-refractivity contribution < 1.29 is 4.74 Å². The Labute approximate surface area is 106 Å². The molecule has 96 valence electrons. The normalized spacial score (nSPS) is 10.5. The van der Waals surface area contributed by atoms with Crippen LogP contribution in [0.15, 0.2) is 30.3 Å². The molecule has 0 atom stereocenters. The molecule has 0 aliphatic heterocycles. The largest absolute Gasteiger partial charge is 0.494 e. The zero-order valence-corrected chi connectivity index (χ0v) is 10.4. The summed E-state index contributed by atoms with van der Waals surface area (Å²) < 4.78 is 7.40. The van der Waals surface area contributed by atoms with E-state index < -0.39 is 0 Å². The van der Waals surface area contributed by atoms with E-state index in [-0.39, 0.29) is 0 Å². The molecule has 0 amide bonds. The quantitative estimate of drug-likeness (QED) is 0.735. The van der Waals surface area contributed by atoms with Crippen LogP contribution in [-0.4, -0.2) is 33.9 Å². The van der Waals surface area contributed by atoms with E-state index in [0.29, 0.717) is 13.2 Å². The summed E-state index contributed by atoms with van der Waals surface area (Å²) in [6, 6.07) is 9.79. The van der Waals surface area contributed by atoms with Crippen molar-refractivity contribution in [2.75, 3.05) is 13.7 Å². The Morgan fingerprint density at radius 3 is 2.89 bits per heavy atom. The number of nitrogens with zero attached hydrogens (tertiary/aromatic N) is 4. The van der Waals surface area contributed by atoms with E-state index in [4.69, 9.17) is 4.74 Å². The van der Waals surface area contributed by atoms with Crippen molar-refractivity contribution in [3.05, 3.63) is 36.2 Å². The van der Waals surface area contributed by atoms with Crippen molar-refractivity contribution >= 4 is 0 Å². The van der Waals surface area contributed by atoms with E-state index >= 15 is 0 Å². The molecule has 1 aromatic carbocycles. The Morgan fingerprint density at radius 2 is 2.11 bits per heavy atom. The van der Waals surface area contributed by atoms with Crippen LogP contribution in [0.3, 0.4) is 0 Å². The van der Waals surface area contributed by atoms with E-state index in [1.54, 1.807) is 4.68 Å². The lowest BCUT2D eigenvalue weighted by atomic mass is 10.3. The van der Waals surface area contributed by atoms with Gasteiger partial charge in [-0.05, 0) is 29.6 Å². The number of nitrogens with one attached hydrogen (secondary N) is 1. The van der Waals surface area contributed by atoms with Gasteiger partial charge in [-0.15, -0.1) is 5.10 Å². The summed E-state index contributed by atoms with van der Waals surface area (Å²) in [7, 11) is 1.87. The van der Waals surface area contributed by atoms with E-state index in [2.05, 4.69) is 20.8 Å². The highest BCUT2D eigenvalue weighted by Gasteiger charge is 2.03. The average Bonchev–Trinajstić information content (AvgIpc) is 2.84.